The van der Waals surface area contributed by atoms with Gasteiger partial charge in [-0.1, -0.05) is 12.1 Å². The van der Waals surface area contributed by atoms with E-state index in [2.05, 4.69) is 31.7 Å². The summed E-state index contributed by atoms with van der Waals surface area (Å²) in [4.78, 5) is 57.9. The maximum atomic E-state index is 13.4. The van der Waals surface area contributed by atoms with E-state index in [1.54, 1.807) is 23.0 Å². The molecule has 0 saturated heterocycles. The number of fused-ring (bicyclic) bond motifs is 2. The second-order valence-corrected chi connectivity index (χ2v) is 14.9. The normalized spacial score (nSPS) is 11.5. The zero-order valence-electron chi connectivity index (χ0n) is 28.5. The van der Waals surface area contributed by atoms with Gasteiger partial charge in [-0.25, -0.2) is 4.98 Å². The van der Waals surface area contributed by atoms with Crippen LogP contribution in [0, 0.1) is 11.3 Å². The van der Waals surface area contributed by atoms with Crippen LogP contribution in [0.1, 0.15) is 16.7 Å². The fraction of sp³-hybridized carbons (Fsp3) is 0.0769. The Bertz CT molecular complexity index is 2910. The first kappa shape index (κ1) is 36.4. The van der Waals surface area contributed by atoms with Gasteiger partial charge >= 0.3 is 6.18 Å². The van der Waals surface area contributed by atoms with Crippen LogP contribution in [0.3, 0.4) is 0 Å². The summed E-state index contributed by atoms with van der Waals surface area (Å²) in [5.41, 5.74) is 3.39. The number of rotatable bonds is 9. The van der Waals surface area contributed by atoms with Crippen molar-refractivity contribution in [2.45, 2.75) is 19.1 Å². The number of nitrogens with zero attached hydrogens (tertiary/aromatic N) is 6. The van der Waals surface area contributed by atoms with Gasteiger partial charge in [0.2, 0.25) is 11.8 Å². The maximum Gasteiger partial charge on any atom is 0.416 e. The summed E-state index contributed by atoms with van der Waals surface area (Å²) in [6.45, 7) is -0.417. The second-order valence-electron chi connectivity index (χ2n) is 12.3. The smallest absolute Gasteiger partial charge is 0.323 e. The summed E-state index contributed by atoms with van der Waals surface area (Å²) in [6, 6.07) is 16.8. The van der Waals surface area contributed by atoms with Crippen molar-refractivity contribution >= 4 is 78.3 Å². The standard InChI is InChI=1S/C39H23F3N8O3S3/c40-39(41,42)25-5-6-31-22(12-25)4-7-34(53)50(31)18-33(52)47-28-8-11-54-36(28)30-20-56-37(48-30)23-13-26-21(2-1-3-27(26)46-16-23)14-32(51)49-38-35(24(15-43)19-55-38)29-17-44-9-10-45-29/h1-13,16-17,19-20H,14,18H2,(H,47,52)(H,49,51). The third kappa shape index (κ3) is 7.28. The Balaban J connectivity index is 1.00. The highest BCUT2D eigenvalue weighted by Gasteiger charge is 2.30. The number of nitriles is 1. The Morgan fingerprint density at radius 2 is 1.77 bits per heavy atom. The molecular formula is C39H23F3N8O3S3. The fourth-order valence-corrected chi connectivity index (χ4v) is 8.72. The van der Waals surface area contributed by atoms with Crippen molar-refractivity contribution in [3.8, 4) is 38.5 Å². The van der Waals surface area contributed by atoms with Crippen LogP contribution in [-0.4, -0.2) is 36.3 Å². The molecule has 0 unspecified atom stereocenters. The highest BCUT2D eigenvalue weighted by Crippen LogP contribution is 2.38. The Hall–Kier alpha value is -6.61. The Morgan fingerprint density at radius 3 is 2.57 bits per heavy atom. The molecule has 6 heterocycles. The molecule has 2 amide bonds. The molecule has 11 nitrogen and oxygen atoms in total. The number of carbonyl (C=O) groups is 2. The number of thiophene rings is 2. The van der Waals surface area contributed by atoms with E-state index in [0.717, 1.165) is 39.3 Å². The number of pyridine rings is 2. The van der Waals surface area contributed by atoms with Crippen LogP contribution in [0.15, 0.2) is 106 Å². The number of benzene rings is 2. The van der Waals surface area contributed by atoms with Crippen molar-refractivity contribution in [1.82, 2.24) is 24.5 Å². The van der Waals surface area contributed by atoms with Gasteiger partial charge < -0.3 is 10.6 Å². The molecule has 8 aromatic rings. The first-order valence-corrected chi connectivity index (χ1v) is 19.2. The number of anilines is 2. The predicted octanol–water partition coefficient (Wildman–Crippen LogP) is 8.63. The zero-order chi connectivity index (χ0) is 39.0. The van der Waals surface area contributed by atoms with Gasteiger partial charge in [-0.15, -0.1) is 34.0 Å². The average Bonchev–Trinajstić information content (AvgIpc) is 3.96. The summed E-state index contributed by atoms with van der Waals surface area (Å²) in [6.07, 6.45) is 1.77. The lowest BCUT2D eigenvalue weighted by Gasteiger charge is -2.13. The van der Waals surface area contributed by atoms with E-state index in [0.29, 0.717) is 48.6 Å². The van der Waals surface area contributed by atoms with Crippen molar-refractivity contribution in [2.75, 3.05) is 10.6 Å². The molecule has 6 aromatic heterocycles. The van der Waals surface area contributed by atoms with Gasteiger partial charge in [0.25, 0.3) is 5.56 Å². The molecule has 8 rings (SSSR count). The molecule has 0 atom stereocenters. The van der Waals surface area contributed by atoms with Crippen molar-refractivity contribution in [3.05, 3.63) is 129 Å². The minimum absolute atomic E-state index is 0.0308. The van der Waals surface area contributed by atoms with E-state index in [4.69, 9.17) is 4.98 Å². The van der Waals surface area contributed by atoms with E-state index in [1.165, 1.54) is 64.7 Å². The van der Waals surface area contributed by atoms with Gasteiger partial charge in [0.15, 0.2) is 0 Å². The highest BCUT2D eigenvalue weighted by molar-refractivity contribution is 7.16. The van der Waals surface area contributed by atoms with Crippen molar-refractivity contribution in [2.24, 2.45) is 0 Å². The Labute approximate surface area is 326 Å². The summed E-state index contributed by atoms with van der Waals surface area (Å²) < 4.78 is 41.0. The van der Waals surface area contributed by atoms with Crippen molar-refractivity contribution in [3.63, 3.8) is 0 Å². The lowest BCUT2D eigenvalue weighted by molar-refractivity contribution is -0.137. The molecule has 17 heteroatoms. The van der Waals surface area contributed by atoms with Crippen LogP contribution in [0.5, 0.6) is 0 Å². The molecule has 0 aliphatic rings. The van der Waals surface area contributed by atoms with Crippen LogP contribution in [0.2, 0.25) is 0 Å². The van der Waals surface area contributed by atoms with Crippen LogP contribution >= 0.6 is 34.0 Å². The van der Waals surface area contributed by atoms with E-state index in [9.17, 15) is 32.8 Å². The summed E-state index contributed by atoms with van der Waals surface area (Å²) >= 11 is 3.96. The Kier molecular flexibility index (Phi) is 9.68. The van der Waals surface area contributed by atoms with Gasteiger partial charge in [0.1, 0.15) is 22.6 Å². The molecule has 56 heavy (non-hydrogen) atoms. The molecule has 0 saturated carbocycles. The first-order valence-electron chi connectivity index (χ1n) is 16.6. The molecule has 0 radical (unpaired) electrons. The van der Waals surface area contributed by atoms with Crippen LogP contribution < -0.4 is 16.2 Å². The van der Waals surface area contributed by atoms with Crippen LogP contribution in [-0.2, 0) is 28.7 Å². The second kappa shape index (κ2) is 14.9. The van der Waals surface area contributed by atoms with Crippen LogP contribution in [0.25, 0.3) is 54.2 Å². The number of alkyl halides is 3. The molecule has 0 aliphatic heterocycles. The largest absolute Gasteiger partial charge is 0.416 e. The van der Waals surface area contributed by atoms with Gasteiger partial charge in [-0.2, -0.15) is 18.4 Å². The summed E-state index contributed by atoms with van der Waals surface area (Å²) in [5.74, 6) is -0.830. The number of hydrogen-bond donors (Lipinski definition) is 2. The zero-order valence-corrected chi connectivity index (χ0v) is 30.9. The summed E-state index contributed by atoms with van der Waals surface area (Å²) in [5, 5.41) is 22.8. The van der Waals surface area contributed by atoms with Crippen LogP contribution in [0.4, 0.5) is 23.9 Å². The molecule has 0 spiro atoms. The first-order chi connectivity index (χ1) is 27.1. The van der Waals surface area contributed by atoms with E-state index < -0.39 is 29.8 Å². The molecule has 276 valence electrons. The SMILES string of the molecule is N#Cc1csc(NC(=O)Cc2cccc3ncc(-c4nc(-c5sccc5NC(=O)Cn5c(=O)ccc6cc(C(F)(F)F)ccc65)cs4)cc23)c1-c1cnccn1. The number of halogens is 3. The van der Waals surface area contributed by atoms with Gasteiger partial charge in [0.05, 0.1) is 62.3 Å². The minimum Gasteiger partial charge on any atom is -0.323 e. The number of hydrogen-bond acceptors (Lipinski definition) is 11. The number of carbonyl (C=O) groups excluding carboxylic acids is 2. The molecular weight excluding hydrogens is 782 g/mol. The Morgan fingerprint density at radius 1 is 0.893 bits per heavy atom. The molecule has 0 fully saturated rings. The topological polar surface area (TPSA) is 156 Å². The lowest BCUT2D eigenvalue weighted by Crippen LogP contribution is -2.27. The van der Waals surface area contributed by atoms with E-state index in [-0.39, 0.29) is 23.2 Å². The van der Waals surface area contributed by atoms with Crippen molar-refractivity contribution in [1.29, 1.82) is 5.26 Å². The third-order valence-corrected chi connectivity index (χ3v) is 11.4. The predicted molar refractivity (Wildman–Crippen MR) is 210 cm³/mol. The highest BCUT2D eigenvalue weighted by atomic mass is 32.1. The molecule has 0 bridgehead atoms. The number of nitrogens with one attached hydrogen (secondary N) is 2. The third-order valence-electron chi connectivity index (χ3n) is 8.69. The number of thiazole rings is 1. The average molecular weight is 805 g/mol. The van der Waals surface area contributed by atoms with Crippen molar-refractivity contribution < 1.29 is 22.8 Å². The maximum absolute atomic E-state index is 13.4. The molecule has 2 N–H and O–H groups in total. The van der Waals surface area contributed by atoms with Gasteiger partial charge in [-0.3, -0.25) is 33.9 Å². The van der Waals surface area contributed by atoms with E-state index in [1.807, 2.05) is 29.6 Å². The number of aromatic nitrogens is 5. The molecule has 0 aliphatic carbocycles. The van der Waals surface area contributed by atoms with Gasteiger partial charge in [-0.05, 0) is 58.8 Å². The molecule has 2 aromatic carbocycles. The lowest BCUT2D eigenvalue weighted by atomic mass is 10.0. The summed E-state index contributed by atoms with van der Waals surface area (Å²) in [7, 11) is 0. The number of amides is 2. The minimum atomic E-state index is -4.55. The quantitative estimate of drug-likeness (QED) is 0.147. The van der Waals surface area contributed by atoms with Gasteiger partial charge in [0, 0.05) is 46.4 Å². The monoisotopic (exact) mass is 804 g/mol. The fourth-order valence-electron chi connectivity index (χ4n) is 6.13. The van der Waals surface area contributed by atoms with E-state index >= 15 is 0 Å².